The Labute approximate surface area is 181 Å². The number of likely N-dealkylation sites (tertiary alicyclic amines) is 1. The topological polar surface area (TPSA) is 114 Å². The summed E-state index contributed by atoms with van der Waals surface area (Å²) in [5.74, 6) is -2.84. The number of nitro benzene ring substituents is 1. The van der Waals surface area contributed by atoms with Crippen molar-refractivity contribution < 1.29 is 24.0 Å². The Balaban J connectivity index is 1.87. The molecule has 0 bridgehead atoms. The molecule has 2 heterocycles. The summed E-state index contributed by atoms with van der Waals surface area (Å²) in [6.07, 6.45) is 3.11. The molecule has 9 heteroatoms. The lowest BCUT2D eigenvalue weighted by Gasteiger charge is -2.25. The van der Waals surface area contributed by atoms with Gasteiger partial charge in [0.15, 0.2) is 0 Å². The zero-order valence-corrected chi connectivity index (χ0v) is 16.5. The van der Waals surface area contributed by atoms with Crippen molar-refractivity contribution in [3.05, 3.63) is 111 Å². The van der Waals surface area contributed by atoms with Crippen molar-refractivity contribution in [2.24, 2.45) is 0 Å². The highest BCUT2D eigenvalue weighted by molar-refractivity contribution is 6.46. The number of benzene rings is 2. The number of aromatic nitrogens is 1. The van der Waals surface area contributed by atoms with E-state index >= 15 is 0 Å². The van der Waals surface area contributed by atoms with Gasteiger partial charge in [-0.1, -0.05) is 30.3 Å². The molecule has 3 aromatic rings. The van der Waals surface area contributed by atoms with E-state index in [1.54, 1.807) is 24.5 Å². The highest BCUT2D eigenvalue weighted by atomic mass is 19.1. The van der Waals surface area contributed by atoms with E-state index in [1.165, 1.54) is 47.4 Å². The van der Waals surface area contributed by atoms with Gasteiger partial charge in [-0.15, -0.1) is 0 Å². The van der Waals surface area contributed by atoms with Crippen molar-refractivity contribution in [1.29, 1.82) is 0 Å². The van der Waals surface area contributed by atoms with E-state index < -0.39 is 34.2 Å². The first-order valence-electron chi connectivity index (χ1n) is 9.54. The van der Waals surface area contributed by atoms with Crippen LogP contribution in [-0.2, 0) is 16.1 Å². The maximum absolute atomic E-state index is 13.5. The Morgan fingerprint density at radius 3 is 2.53 bits per heavy atom. The van der Waals surface area contributed by atoms with Gasteiger partial charge in [0.1, 0.15) is 11.6 Å². The zero-order chi connectivity index (χ0) is 22.8. The van der Waals surface area contributed by atoms with Gasteiger partial charge in [-0.2, -0.15) is 0 Å². The fourth-order valence-corrected chi connectivity index (χ4v) is 3.65. The normalized spacial score (nSPS) is 17.5. The minimum Gasteiger partial charge on any atom is -0.507 e. The van der Waals surface area contributed by atoms with Crippen LogP contribution in [0.25, 0.3) is 5.76 Å². The smallest absolute Gasteiger partial charge is 0.295 e. The van der Waals surface area contributed by atoms with E-state index in [1.807, 2.05) is 0 Å². The van der Waals surface area contributed by atoms with E-state index in [9.17, 15) is 29.2 Å². The van der Waals surface area contributed by atoms with Gasteiger partial charge in [-0.05, 0) is 29.3 Å². The van der Waals surface area contributed by atoms with Crippen molar-refractivity contribution in [1.82, 2.24) is 9.88 Å². The molecule has 1 N–H and O–H groups in total. The average molecular weight is 433 g/mol. The van der Waals surface area contributed by atoms with Gasteiger partial charge < -0.3 is 10.0 Å². The van der Waals surface area contributed by atoms with Crippen LogP contribution in [0.4, 0.5) is 10.1 Å². The first kappa shape index (κ1) is 20.9. The summed E-state index contributed by atoms with van der Waals surface area (Å²) in [5.41, 5.74) is 0.562. The minimum atomic E-state index is -1.02. The molecule has 1 aliphatic heterocycles. The number of ketones is 1. The summed E-state index contributed by atoms with van der Waals surface area (Å²) in [6.45, 7) is 0.0200. The average Bonchev–Trinajstić information content (AvgIpc) is 3.05. The summed E-state index contributed by atoms with van der Waals surface area (Å²) in [4.78, 5) is 41.6. The third-order valence-corrected chi connectivity index (χ3v) is 5.13. The van der Waals surface area contributed by atoms with Crippen molar-refractivity contribution in [3.8, 4) is 0 Å². The van der Waals surface area contributed by atoms with E-state index in [0.29, 0.717) is 11.1 Å². The Kier molecular flexibility index (Phi) is 5.46. The lowest BCUT2D eigenvalue weighted by atomic mass is 9.95. The van der Waals surface area contributed by atoms with Crippen molar-refractivity contribution in [2.45, 2.75) is 12.6 Å². The second-order valence-corrected chi connectivity index (χ2v) is 7.15. The Hall–Kier alpha value is -4.40. The summed E-state index contributed by atoms with van der Waals surface area (Å²) in [5, 5.41) is 22.1. The van der Waals surface area contributed by atoms with E-state index in [4.69, 9.17) is 0 Å². The number of nitrogens with zero attached hydrogens (tertiary/aromatic N) is 3. The molecule has 1 saturated heterocycles. The Morgan fingerprint density at radius 1 is 1.12 bits per heavy atom. The molecule has 32 heavy (non-hydrogen) atoms. The van der Waals surface area contributed by atoms with E-state index in [0.717, 1.165) is 6.07 Å². The number of pyridine rings is 1. The highest BCUT2D eigenvalue weighted by Crippen LogP contribution is 2.40. The first-order chi connectivity index (χ1) is 15.4. The largest absolute Gasteiger partial charge is 0.507 e. The van der Waals surface area contributed by atoms with Gasteiger partial charge in [0.2, 0.25) is 0 Å². The lowest BCUT2D eigenvalue weighted by Crippen LogP contribution is -2.29. The molecule has 1 unspecified atom stereocenters. The molecule has 1 amide bonds. The van der Waals surface area contributed by atoms with Gasteiger partial charge in [-0.3, -0.25) is 24.7 Å². The van der Waals surface area contributed by atoms with Gasteiger partial charge in [0, 0.05) is 36.6 Å². The molecule has 4 rings (SSSR count). The van der Waals surface area contributed by atoms with Crippen molar-refractivity contribution in [3.63, 3.8) is 0 Å². The maximum atomic E-state index is 13.5. The van der Waals surface area contributed by atoms with Crippen LogP contribution >= 0.6 is 0 Å². The molecular weight excluding hydrogens is 417 g/mol. The number of rotatable bonds is 5. The monoisotopic (exact) mass is 433 g/mol. The molecule has 1 aliphatic rings. The lowest BCUT2D eigenvalue weighted by molar-refractivity contribution is -0.384. The number of Topliss-reactive ketones (excluding diaryl/α,β-unsaturated/α-hetero) is 1. The Morgan fingerprint density at radius 2 is 1.88 bits per heavy atom. The molecule has 0 aliphatic carbocycles. The fourth-order valence-electron chi connectivity index (χ4n) is 3.65. The second kappa shape index (κ2) is 8.38. The summed E-state index contributed by atoms with van der Waals surface area (Å²) in [6, 6.07) is 12.7. The molecule has 0 saturated carbocycles. The highest BCUT2D eigenvalue weighted by Gasteiger charge is 2.46. The first-order valence-corrected chi connectivity index (χ1v) is 9.54. The number of non-ortho nitro benzene ring substituents is 1. The Bertz CT molecular complexity index is 1240. The van der Waals surface area contributed by atoms with Gasteiger partial charge in [0.25, 0.3) is 17.4 Å². The summed E-state index contributed by atoms with van der Waals surface area (Å²) < 4.78 is 13.5. The van der Waals surface area contributed by atoms with Crippen LogP contribution in [0, 0.1) is 15.9 Å². The molecule has 8 nitrogen and oxygen atoms in total. The van der Waals surface area contributed by atoms with E-state index in [-0.39, 0.29) is 23.4 Å². The van der Waals surface area contributed by atoms with E-state index in [2.05, 4.69) is 4.98 Å². The number of hydrogen-bond donors (Lipinski definition) is 1. The van der Waals surface area contributed by atoms with Crippen molar-refractivity contribution in [2.75, 3.05) is 0 Å². The molecular formula is C23H16FN3O5. The van der Waals surface area contributed by atoms with Crippen LogP contribution in [0.15, 0.2) is 78.6 Å². The predicted molar refractivity (Wildman–Crippen MR) is 112 cm³/mol. The van der Waals surface area contributed by atoms with Crippen LogP contribution in [-0.4, -0.2) is 31.6 Å². The SMILES string of the molecule is O=C1C(=O)N(Cc2cccnc2)C(c2ccc(F)cc2)/C1=C(/O)c1cccc([N+](=O)[O-])c1. The van der Waals surface area contributed by atoms with Crippen LogP contribution in [0.5, 0.6) is 0 Å². The summed E-state index contributed by atoms with van der Waals surface area (Å²) in [7, 11) is 0. The number of hydrogen-bond acceptors (Lipinski definition) is 6. The van der Waals surface area contributed by atoms with Crippen LogP contribution in [0.1, 0.15) is 22.7 Å². The van der Waals surface area contributed by atoms with Crippen LogP contribution < -0.4 is 0 Å². The molecule has 1 aromatic heterocycles. The number of halogens is 1. The molecule has 0 spiro atoms. The number of aliphatic hydroxyl groups is 1. The molecule has 1 atom stereocenters. The minimum absolute atomic E-state index is 0.0192. The van der Waals surface area contributed by atoms with Gasteiger partial charge >= 0.3 is 0 Å². The molecule has 0 radical (unpaired) electrons. The molecule has 2 aromatic carbocycles. The third-order valence-electron chi connectivity index (χ3n) is 5.13. The van der Waals surface area contributed by atoms with Crippen molar-refractivity contribution >= 4 is 23.1 Å². The predicted octanol–water partition coefficient (Wildman–Crippen LogP) is 3.75. The van der Waals surface area contributed by atoms with Crippen LogP contribution in [0.2, 0.25) is 0 Å². The van der Waals surface area contributed by atoms with Gasteiger partial charge in [0.05, 0.1) is 16.5 Å². The van der Waals surface area contributed by atoms with Gasteiger partial charge in [-0.25, -0.2) is 4.39 Å². The quantitative estimate of drug-likeness (QED) is 0.216. The number of amides is 1. The number of nitro groups is 1. The molecule has 160 valence electrons. The standard InChI is InChI=1S/C23H16FN3O5/c24-17-8-6-15(7-9-17)20-19(21(28)16-4-1-5-18(11-16)27(31)32)22(29)23(30)26(20)13-14-3-2-10-25-12-14/h1-12,20,28H,13H2/b21-19-. The second-order valence-electron chi connectivity index (χ2n) is 7.15. The number of carbonyl (C=O) groups is 2. The maximum Gasteiger partial charge on any atom is 0.295 e. The zero-order valence-electron chi connectivity index (χ0n) is 16.5. The number of carbonyl (C=O) groups excluding carboxylic acids is 2. The fraction of sp³-hybridized carbons (Fsp3) is 0.0870. The molecule has 1 fully saturated rings. The third kappa shape index (κ3) is 3.83. The van der Waals surface area contributed by atoms with Crippen LogP contribution in [0.3, 0.4) is 0 Å². The number of aliphatic hydroxyl groups excluding tert-OH is 1. The summed E-state index contributed by atoms with van der Waals surface area (Å²) >= 11 is 0.